The lowest BCUT2D eigenvalue weighted by molar-refractivity contribution is 0.0942. The van der Waals surface area contributed by atoms with Gasteiger partial charge >= 0.3 is 0 Å². The Morgan fingerprint density at radius 2 is 1.75 bits per heavy atom. The Kier molecular flexibility index (Phi) is 5.96. The first kappa shape index (κ1) is 20.2. The number of carbonyl (C=O) groups is 2. The first-order chi connectivity index (χ1) is 13.3. The Labute approximate surface area is 170 Å². The highest BCUT2D eigenvalue weighted by molar-refractivity contribution is 7.10. The number of hydrogen-bond acceptors (Lipinski definition) is 4. The average Bonchev–Trinajstić information content (AvgIpc) is 3.27. The second-order valence-electron chi connectivity index (χ2n) is 7.29. The number of nitrogens with one attached hydrogen (secondary N) is 2. The summed E-state index contributed by atoms with van der Waals surface area (Å²) >= 11 is 1.67. The summed E-state index contributed by atoms with van der Waals surface area (Å²) in [7, 11) is 0. The molecule has 1 aromatic carbocycles. The third-order valence-corrected chi connectivity index (χ3v) is 6.02. The van der Waals surface area contributed by atoms with Crippen LogP contribution in [0.3, 0.4) is 0 Å². The second-order valence-corrected chi connectivity index (χ2v) is 8.27. The first-order valence-electron chi connectivity index (χ1n) is 9.40. The summed E-state index contributed by atoms with van der Waals surface area (Å²) < 4.78 is 0. The van der Waals surface area contributed by atoms with Gasteiger partial charge in [-0.1, -0.05) is 35.9 Å². The van der Waals surface area contributed by atoms with Crippen molar-refractivity contribution in [1.29, 1.82) is 0 Å². The van der Waals surface area contributed by atoms with Crippen LogP contribution in [0, 0.1) is 20.8 Å². The van der Waals surface area contributed by atoms with Crippen molar-refractivity contribution in [2.75, 3.05) is 0 Å². The molecule has 0 saturated heterocycles. The van der Waals surface area contributed by atoms with Crippen LogP contribution < -0.4 is 5.32 Å². The van der Waals surface area contributed by atoms with Gasteiger partial charge in [0.15, 0.2) is 11.6 Å². The quantitative estimate of drug-likeness (QED) is 0.545. The fraction of sp³-hybridized carbons (Fsp3) is 0.304. The van der Waals surface area contributed by atoms with E-state index in [1.54, 1.807) is 11.3 Å². The van der Waals surface area contributed by atoms with Crippen molar-refractivity contribution >= 4 is 22.9 Å². The molecule has 0 aliphatic heterocycles. The van der Waals surface area contributed by atoms with Crippen LogP contribution in [0.1, 0.15) is 68.0 Å². The molecule has 146 valence electrons. The van der Waals surface area contributed by atoms with Crippen LogP contribution >= 0.6 is 11.3 Å². The predicted molar refractivity (Wildman–Crippen MR) is 115 cm³/mol. The number of carbonyl (C=O) groups excluding carboxylic acids is 2. The van der Waals surface area contributed by atoms with Gasteiger partial charge in [-0.2, -0.15) is 0 Å². The SMILES string of the molecule is CC(=O)c1c(C)[nH]c(C(=O)[C@H](C)N[C@H](c2ccc(C)cc2)c2cccs2)c1C. The molecule has 5 heteroatoms. The maximum Gasteiger partial charge on any atom is 0.195 e. The highest BCUT2D eigenvalue weighted by atomic mass is 32.1. The van der Waals surface area contributed by atoms with Crippen molar-refractivity contribution in [3.63, 3.8) is 0 Å². The number of aromatic nitrogens is 1. The minimum Gasteiger partial charge on any atom is -0.355 e. The molecular weight excluding hydrogens is 368 g/mol. The van der Waals surface area contributed by atoms with E-state index in [1.807, 2.05) is 32.2 Å². The molecule has 0 fully saturated rings. The summed E-state index contributed by atoms with van der Waals surface area (Å²) in [5.74, 6) is -0.0659. The predicted octanol–water partition coefficient (Wildman–Crippen LogP) is 5.15. The number of H-pyrrole nitrogens is 1. The minimum absolute atomic E-state index is 0.0259. The van der Waals surface area contributed by atoms with E-state index in [2.05, 4.69) is 47.6 Å². The lowest BCUT2D eigenvalue weighted by Gasteiger charge is -2.22. The second kappa shape index (κ2) is 8.25. The van der Waals surface area contributed by atoms with E-state index in [0.29, 0.717) is 11.3 Å². The van der Waals surface area contributed by atoms with Crippen molar-refractivity contribution in [1.82, 2.24) is 10.3 Å². The van der Waals surface area contributed by atoms with E-state index in [9.17, 15) is 9.59 Å². The zero-order valence-corrected chi connectivity index (χ0v) is 17.7. The van der Waals surface area contributed by atoms with Crippen molar-refractivity contribution in [2.24, 2.45) is 0 Å². The molecular formula is C23H26N2O2S. The number of hydrogen-bond donors (Lipinski definition) is 2. The first-order valence-corrected chi connectivity index (χ1v) is 10.3. The van der Waals surface area contributed by atoms with Gasteiger partial charge in [0.2, 0.25) is 0 Å². The molecule has 2 aromatic heterocycles. The summed E-state index contributed by atoms with van der Waals surface area (Å²) in [6.45, 7) is 9.13. The zero-order chi connectivity index (χ0) is 20.4. The largest absolute Gasteiger partial charge is 0.355 e. The number of benzene rings is 1. The van der Waals surface area contributed by atoms with Gasteiger partial charge in [-0.25, -0.2) is 0 Å². The molecule has 4 nitrogen and oxygen atoms in total. The Hall–Kier alpha value is -2.50. The third kappa shape index (κ3) is 4.01. The fourth-order valence-electron chi connectivity index (χ4n) is 3.62. The van der Waals surface area contributed by atoms with Crippen LogP contribution in [0.15, 0.2) is 41.8 Å². The Morgan fingerprint density at radius 1 is 1.07 bits per heavy atom. The maximum atomic E-state index is 13.1. The summed E-state index contributed by atoms with van der Waals surface area (Å²) in [5, 5.41) is 5.54. The van der Waals surface area contributed by atoms with Crippen molar-refractivity contribution in [3.8, 4) is 0 Å². The molecule has 2 N–H and O–H groups in total. The topological polar surface area (TPSA) is 62.0 Å². The van der Waals surface area contributed by atoms with Crippen LogP contribution in [0.25, 0.3) is 0 Å². The van der Waals surface area contributed by atoms with Crippen LogP contribution in [-0.2, 0) is 0 Å². The molecule has 2 heterocycles. The molecule has 0 radical (unpaired) electrons. The van der Waals surface area contributed by atoms with E-state index in [4.69, 9.17) is 0 Å². The van der Waals surface area contributed by atoms with Gasteiger partial charge in [0.25, 0.3) is 0 Å². The molecule has 0 saturated carbocycles. The molecule has 28 heavy (non-hydrogen) atoms. The Bertz CT molecular complexity index is 985. The van der Waals surface area contributed by atoms with E-state index < -0.39 is 6.04 Å². The van der Waals surface area contributed by atoms with E-state index >= 15 is 0 Å². The number of ketones is 2. The van der Waals surface area contributed by atoms with E-state index in [-0.39, 0.29) is 17.6 Å². The molecule has 0 spiro atoms. The zero-order valence-electron chi connectivity index (χ0n) is 16.9. The normalized spacial score (nSPS) is 13.3. The monoisotopic (exact) mass is 394 g/mol. The van der Waals surface area contributed by atoms with Gasteiger partial charge < -0.3 is 4.98 Å². The Balaban J connectivity index is 1.89. The molecule has 0 aliphatic rings. The molecule has 0 aliphatic carbocycles. The fourth-order valence-corrected chi connectivity index (χ4v) is 4.44. The summed E-state index contributed by atoms with van der Waals surface area (Å²) in [6.07, 6.45) is 0. The number of Topliss-reactive ketones (excluding diaryl/α,β-unsaturated/α-hetero) is 2. The number of aromatic amines is 1. The van der Waals surface area contributed by atoms with Crippen molar-refractivity contribution in [2.45, 2.75) is 46.7 Å². The van der Waals surface area contributed by atoms with Crippen LogP contribution in [0.2, 0.25) is 0 Å². The molecule has 0 unspecified atom stereocenters. The smallest absolute Gasteiger partial charge is 0.195 e. The third-order valence-electron chi connectivity index (χ3n) is 5.08. The summed E-state index contributed by atoms with van der Waals surface area (Å²) in [5.41, 5.74) is 4.92. The molecule has 0 bridgehead atoms. The van der Waals surface area contributed by atoms with Crippen LogP contribution in [0.4, 0.5) is 0 Å². The summed E-state index contributed by atoms with van der Waals surface area (Å²) in [4.78, 5) is 29.3. The lowest BCUT2D eigenvalue weighted by Crippen LogP contribution is -2.37. The average molecular weight is 395 g/mol. The lowest BCUT2D eigenvalue weighted by atomic mass is 10.00. The number of aryl methyl sites for hydroxylation is 2. The number of rotatable bonds is 7. The van der Waals surface area contributed by atoms with Gasteiger partial charge in [-0.05, 0) is 57.2 Å². The molecule has 2 atom stereocenters. The maximum absolute atomic E-state index is 13.1. The summed E-state index contributed by atoms with van der Waals surface area (Å²) in [6, 6.07) is 12.0. The highest BCUT2D eigenvalue weighted by Crippen LogP contribution is 2.28. The molecule has 3 aromatic rings. The molecule has 3 rings (SSSR count). The van der Waals surface area contributed by atoms with Crippen molar-refractivity contribution in [3.05, 3.63) is 80.3 Å². The van der Waals surface area contributed by atoms with Gasteiger partial charge in [0.1, 0.15) is 0 Å². The van der Waals surface area contributed by atoms with Crippen molar-refractivity contribution < 1.29 is 9.59 Å². The highest BCUT2D eigenvalue weighted by Gasteiger charge is 2.26. The number of thiophene rings is 1. The van der Waals surface area contributed by atoms with Crippen LogP contribution in [0.5, 0.6) is 0 Å². The van der Waals surface area contributed by atoms with E-state index in [0.717, 1.165) is 21.7 Å². The standard InChI is InChI=1S/C23H26N2O2S/c1-13-8-10-18(11-9-13)22(19-7-6-12-28-19)25-16(4)23(27)21-14(2)20(17(5)26)15(3)24-21/h6-12,16,22,24-25H,1-5H3/t16-,22+/m0/s1. The van der Waals surface area contributed by atoms with E-state index in [1.165, 1.54) is 12.5 Å². The van der Waals surface area contributed by atoms with Crippen LogP contribution in [-0.4, -0.2) is 22.6 Å². The van der Waals surface area contributed by atoms with Gasteiger partial charge in [0.05, 0.1) is 17.8 Å². The van der Waals surface area contributed by atoms with Gasteiger partial charge in [-0.15, -0.1) is 11.3 Å². The Morgan fingerprint density at radius 3 is 2.29 bits per heavy atom. The van der Waals surface area contributed by atoms with Gasteiger partial charge in [0, 0.05) is 16.1 Å². The molecule has 0 amide bonds. The minimum atomic E-state index is -0.412. The van der Waals surface area contributed by atoms with Gasteiger partial charge in [-0.3, -0.25) is 14.9 Å².